The summed E-state index contributed by atoms with van der Waals surface area (Å²) in [7, 11) is 0. The van der Waals surface area contributed by atoms with Crippen molar-refractivity contribution in [3.8, 4) is 0 Å². The molecule has 19 nitrogen and oxygen atoms in total. The summed E-state index contributed by atoms with van der Waals surface area (Å²) in [6.07, 6.45) is -10.8. The van der Waals surface area contributed by atoms with Crippen molar-refractivity contribution in [2.75, 3.05) is 26.4 Å². The molecule has 3 saturated heterocycles. The Balaban J connectivity index is 1.57. The van der Waals surface area contributed by atoms with Crippen molar-refractivity contribution in [2.24, 2.45) is 0 Å². The first-order valence-electron chi connectivity index (χ1n) is 21.8. The predicted molar refractivity (Wildman–Crippen MR) is 208 cm³/mol. The van der Waals surface area contributed by atoms with Crippen LogP contribution in [0, 0.1) is 0 Å². The van der Waals surface area contributed by atoms with Crippen molar-refractivity contribution in [3.63, 3.8) is 0 Å². The van der Waals surface area contributed by atoms with Crippen molar-refractivity contribution in [1.82, 2.24) is 5.32 Å². The van der Waals surface area contributed by atoms with Gasteiger partial charge in [-0.25, -0.2) is 0 Å². The van der Waals surface area contributed by atoms with Crippen molar-refractivity contribution in [3.05, 3.63) is 0 Å². The van der Waals surface area contributed by atoms with Crippen LogP contribution < -0.4 is 5.32 Å². The van der Waals surface area contributed by atoms with Gasteiger partial charge in [-0.2, -0.15) is 0 Å². The quantitative estimate of drug-likeness (QED) is 0.0402. The first-order chi connectivity index (χ1) is 28.3. The first kappa shape index (κ1) is 52.1. The molecule has 0 spiro atoms. The van der Waals surface area contributed by atoms with Crippen molar-refractivity contribution >= 4 is 5.91 Å². The number of carbonyl (C=O) groups is 1. The minimum absolute atomic E-state index is 0.254. The van der Waals surface area contributed by atoms with E-state index in [0.717, 1.165) is 38.5 Å². The zero-order valence-corrected chi connectivity index (χ0v) is 34.7. The fraction of sp³-hybridized carbons (Fsp3) is 0.975. The van der Waals surface area contributed by atoms with Crippen LogP contribution >= 0.6 is 0 Å². The molecule has 0 aromatic heterocycles. The summed E-state index contributed by atoms with van der Waals surface area (Å²) in [5.41, 5.74) is 0. The maximum Gasteiger partial charge on any atom is 0.220 e. The Morgan fingerprint density at radius 1 is 0.542 bits per heavy atom. The van der Waals surface area contributed by atoms with E-state index in [9.17, 15) is 61.0 Å². The fourth-order valence-electron chi connectivity index (χ4n) is 7.66. The van der Waals surface area contributed by atoms with Gasteiger partial charge in [0.05, 0.1) is 38.6 Å². The Hall–Kier alpha value is -1.21. The summed E-state index contributed by atoms with van der Waals surface area (Å²) >= 11 is 0. The zero-order valence-electron chi connectivity index (χ0n) is 34.7. The summed E-state index contributed by atoms with van der Waals surface area (Å²) in [5.74, 6) is -0.271. The normalized spacial score (nSPS) is 36.3. The van der Waals surface area contributed by atoms with E-state index in [2.05, 4.69) is 12.2 Å². The number of unbranched alkanes of at least 4 members (excludes halogenated alkanes) is 12. The van der Waals surface area contributed by atoms with Crippen LogP contribution in [0.1, 0.15) is 117 Å². The number of aliphatic hydroxyl groups is 11. The van der Waals surface area contributed by atoms with Gasteiger partial charge in [0.25, 0.3) is 0 Å². The second-order valence-corrected chi connectivity index (χ2v) is 16.2. The highest BCUT2D eigenvalue weighted by atomic mass is 16.8. The highest BCUT2D eigenvalue weighted by Gasteiger charge is 2.53. The Morgan fingerprint density at radius 2 is 0.966 bits per heavy atom. The third kappa shape index (κ3) is 15.8. The summed E-state index contributed by atoms with van der Waals surface area (Å²) in [6.45, 7) is 1.53. The molecule has 19 heteroatoms. The lowest BCUT2D eigenvalue weighted by Crippen LogP contribution is -2.66. The molecule has 17 unspecified atom stereocenters. The van der Waals surface area contributed by atoms with E-state index < -0.39 is 124 Å². The monoisotopic (exact) mass is 857 g/mol. The van der Waals surface area contributed by atoms with Gasteiger partial charge in [-0.1, -0.05) is 97.3 Å². The number of hydrogen-bond acceptors (Lipinski definition) is 18. The number of carbonyl (C=O) groups excluding carboxylic acids is 1. The molecule has 0 aliphatic carbocycles. The lowest BCUT2D eigenvalue weighted by Gasteiger charge is -2.48. The van der Waals surface area contributed by atoms with Gasteiger partial charge in [-0.3, -0.25) is 4.79 Å². The van der Waals surface area contributed by atoms with E-state index in [1.54, 1.807) is 0 Å². The van der Waals surface area contributed by atoms with Crippen LogP contribution in [0.3, 0.4) is 0 Å². The highest BCUT2D eigenvalue weighted by molar-refractivity contribution is 5.76. The van der Waals surface area contributed by atoms with E-state index in [4.69, 9.17) is 28.4 Å². The molecule has 17 atom stereocenters. The van der Waals surface area contributed by atoms with E-state index in [1.807, 2.05) is 6.92 Å². The van der Waals surface area contributed by atoms with Gasteiger partial charge in [0, 0.05) is 6.42 Å². The molecule has 3 heterocycles. The number of hydrogen-bond donors (Lipinski definition) is 12. The molecule has 0 saturated carbocycles. The number of amides is 1. The molecule has 3 rings (SSSR count). The van der Waals surface area contributed by atoms with Crippen LogP contribution in [0.2, 0.25) is 0 Å². The summed E-state index contributed by atoms with van der Waals surface area (Å²) in [5, 5.41) is 119. The van der Waals surface area contributed by atoms with Crippen LogP contribution in [0.25, 0.3) is 0 Å². The first-order valence-corrected chi connectivity index (χ1v) is 21.8. The van der Waals surface area contributed by atoms with Crippen LogP contribution in [0.15, 0.2) is 0 Å². The summed E-state index contributed by atoms with van der Waals surface area (Å²) < 4.78 is 33.8. The van der Waals surface area contributed by atoms with E-state index in [1.165, 1.54) is 44.9 Å². The molecule has 1 amide bonds. The van der Waals surface area contributed by atoms with Crippen LogP contribution in [0.4, 0.5) is 0 Å². The standard InChI is InChI=1S/C40H75NO18/c1-3-5-7-8-9-10-11-12-13-14-16-17-24(45)23(41-28(46)18-15-6-4-2)22-54-38-34(52)31(49)36(26(20-43)56-38)59-40-35(53)32(50)37(27(21-44)57-40)58-39-33(51)30(48)29(47)25(19-42)55-39/h23-27,29-40,42-45,47-53H,3-22H2,1-2H3,(H,41,46). The largest absolute Gasteiger partial charge is 0.394 e. The molecule has 0 aromatic carbocycles. The van der Waals surface area contributed by atoms with E-state index >= 15 is 0 Å². The van der Waals surface area contributed by atoms with Crippen molar-refractivity contribution in [2.45, 2.75) is 221 Å². The Labute approximate surface area is 347 Å². The molecule has 59 heavy (non-hydrogen) atoms. The SMILES string of the molecule is CCCCCCCCCCCCCC(O)C(COC1OC(CO)C(OC2OC(CO)C(OC3OC(CO)C(O)C(O)C3O)C(O)C2O)C(O)C1O)NC(=O)CCCCC. The second kappa shape index (κ2) is 27.8. The third-order valence-electron chi connectivity index (χ3n) is 11.4. The molecular formula is C40H75NO18. The number of rotatable bonds is 28. The Kier molecular flexibility index (Phi) is 24.5. The summed E-state index contributed by atoms with van der Waals surface area (Å²) in [6, 6.07) is -0.873. The lowest BCUT2D eigenvalue weighted by molar-refractivity contribution is -0.379. The molecule has 3 aliphatic rings. The molecule has 0 aromatic rings. The molecule has 3 aliphatic heterocycles. The van der Waals surface area contributed by atoms with Crippen molar-refractivity contribution in [1.29, 1.82) is 0 Å². The van der Waals surface area contributed by atoms with Gasteiger partial charge >= 0.3 is 0 Å². The summed E-state index contributed by atoms with van der Waals surface area (Å²) in [4.78, 5) is 12.8. The molecular weight excluding hydrogens is 782 g/mol. The van der Waals surface area contributed by atoms with Gasteiger partial charge < -0.3 is 89.9 Å². The van der Waals surface area contributed by atoms with Crippen LogP contribution in [-0.2, 0) is 33.2 Å². The Morgan fingerprint density at radius 3 is 1.47 bits per heavy atom. The van der Waals surface area contributed by atoms with E-state index in [-0.39, 0.29) is 18.9 Å². The molecule has 0 radical (unpaired) electrons. The molecule has 348 valence electrons. The minimum Gasteiger partial charge on any atom is -0.394 e. The lowest BCUT2D eigenvalue weighted by atomic mass is 9.96. The minimum atomic E-state index is -1.96. The van der Waals surface area contributed by atoms with Gasteiger partial charge in [0.15, 0.2) is 18.9 Å². The molecule has 12 N–H and O–H groups in total. The second-order valence-electron chi connectivity index (χ2n) is 16.2. The van der Waals surface area contributed by atoms with Crippen molar-refractivity contribution < 1.29 is 89.4 Å². The number of aliphatic hydroxyl groups excluding tert-OH is 11. The van der Waals surface area contributed by atoms with Gasteiger partial charge in [0.2, 0.25) is 5.91 Å². The van der Waals surface area contributed by atoms with E-state index in [0.29, 0.717) is 12.8 Å². The topological polar surface area (TPSA) is 307 Å². The average molecular weight is 858 g/mol. The molecule has 0 bridgehead atoms. The van der Waals surface area contributed by atoms with Crippen LogP contribution in [0.5, 0.6) is 0 Å². The Bertz CT molecular complexity index is 1120. The highest BCUT2D eigenvalue weighted by Crippen LogP contribution is 2.33. The smallest absolute Gasteiger partial charge is 0.220 e. The third-order valence-corrected chi connectivity index (χ3v) is 11.4. The van der Waals surface area contributed by atoms with Gasteiger partial charge in [0.1, 0.15) is 73.2 Å². The predicted octanol–water partition coefficient (Wildman–Crippen LogP) is -1.42. The number of nitrogens with one attached hydrogen (secondary N) is 1. The average Bonchev–Trinajstić information content (AvgIpc) is 3.23. The number of ether oxygens (including phenoxy) is 6. The maximum atomic E-state index is 12.8. The molecule has 3 fully saturated rings. The zero-order chi connectivity index (χ0) is 43.5. The van der Waals surface area contributed by atoms with Crippen LogP contribution in [-0.4, -0.2) is 193 Å². The fourth-order valence-corrected chi connectivity index (χ4v) is 7.66. The van der Waals surface area contributed by atoms with Gasteiger partial charge in [-0.05, 0) is 12.8 Å². The maximum absolute atomic E-state index is 12.8. The van der Waals surface area contributed by atoms with Gasteiger partial charge in [-0.15, -0.1) is 0 Å².